The van der Waals surface area contributed by atoms with E-state index < -0.39 is 20.8 Å². The van der Waals surface area contributed by atoms with E-state index in [2.05, 4.69) is 0 Å². The average Bonchev–Trinajstić information content (AvgIpc) is 2.99. The van der Waals surface area contributed by atoms with Crippen LogP contribution in [0.5, 0.6) is 0 Å². The Bertz CT molecular complexity index is 976. The molecule has 0 spiro atoms. The van der Waals surface area contributed by atoms with Gasteiger partial charge >= 0.3 is 0 Å². The van der Waals surface area contributed by atoms with Crippen LogP contribution in [0.25, 0.3) is 0 Å². The van der Waals surface area contributed by atoms with E-state index >= 15 is 0 Å². The molecule has 1 heterocycles. The van der Waals surface area contributed by atoms with Gasteiger partial charge in [0.25, 0.3) is 11.6 Å². The Balaban J connectivity index is 1.90. The van der Waals surface area contributed by atoms with Crippen molar-refractivity contribution >= 4 is 33.0 Å². The lowest BCUT2D eigenvalue weighted by Crippen LogP contribution is -2.40. The fourth-order valence-corrected chi connectivity index (χ4v) is 5.06. The highest BCUT2D eigenvalue weighted by Crippen LogP contribution is 2.24. The molecule has 142 valence electrons. The summed E-state index contributed by atoms with van der Waals surface area (Å²) in [7, 11) is -3.18. The summed E-state index contributed by atoms with van der Waals surface area (Å²) >= 11 is 6.01. The molecule has 1 aliphatic rings. The highest BCUT2D eigenvalue weighted by atomic mass is 35.5. The summed E-state index contributed by atoms with van der Waals surface area (Å²) in [4.78, 5) is 24.8. The molecule has 1 atom stereocenters. The molecular formula is C18H17ClN2O5S. The average molecular weight is 409 g/mol. The highest BCUT2D eigenvalue weighted by molar-refractivity contribution is 7.91. The second-order valence-electron chi connectivity index (χ2n) is 6.42. The third-order valence-corrected chi connectivity index (χ3v) is 6.46. The molecule has 1 fully saturated rings. The highest BCUT2D eigenvalue weighted by Gasteiger charge is 2.35. The number of amides is 1. The minimum atomic E-state index is -3.18. The van der Waals surface area contributed by atoms with Crippen LogP contribution >= 0.6 is 11.6 Å². The quantitative estimate of drug-likeness (QED) is 0.559. The van der Waals surface area contributed by atoms with E-state index in [1.807, 2.05) is 6.07 Å². The van der Waals surface area contributed by atoms with Gasteiger partial charge in [0, 0.05) is 35.3 Å². The van der Waals surface area contributed by atoms with Crippen molar-refractivity contribution in [1.29, 1.82) is 0 Å². The molecule has 7 nitrogen and oxygen atoms in total. The Kier molecular flexibility index (Phi) is 5.48. The van der Waals surface area contributed by atoms with E-state index in [0.29, 0.717) is 11.4 Å². The number of sulfone groups is 1. The minimum absolute atomic E-state index is 0.0389. The van der Waals surface area contributed by atoms with Crippen LogP contribution in [0.4, 0.5) is 5.69 Å². The maximum absolute atomic E-state index is 13.0. The lowest BCUT2D eigenvalue weighted by molar-refractivity contribution is -0.384. The van der Waals surface area contributed by atoms with Gasteiger partial charge in [0.05, 0.1) is 16.4 Å². The van der Waals surface area contributed by atoms with Crippen molar-refractivity contribution in [2.75, 3.05) is 11.5 Å². The van der Waals surface area contributed by atoms with Crippen molar-refractivity contribution in [2.24, 2.45) is 0 Å². The summed E-state index contributed by atoms with van der Waals surface area (Å²) in [6, 6.07) is 11.9. The summed E-state index contributed by atoms with van der Waals surface area (Å²) in [5.74, 6) is -0.421. The van der Waals surface area contributed by atoms with E-state index in [1.54, 1.807) is 18.2 Å². The Morgan fingerprint density at radius 1 is 1.22 bits per heavy atom. The molecule has 3 rings (SSSR count). The first-order chi connectivity index (χ1) is 12.7. The number of non-ortho nitro benzene ring substituents is 1. The van der Waals surface area contributed by atoms with Gasteiger partial charge in [-0.1, -0.05) is 23.7 Å². The number of halogens is 1. The fraction of sp³-hybridized carbons (Fsp3) is 0.278. The number of nitro groups is 1. The largest absolute Gasteiger partial charge is 0.330 e. The van der Waals surface area contributed by atoms with Crippen molar-refractivity contribution in [3.05, 3.63) is 74.8 Å². The third-order valence-electron chi connectivity index (χ3n) is 4.48. The molecule has 27 heavy (non-hydrogen) atoms. The van der Waals surface area contributed by atoms with Crippen LogP contribution in [0.2, 0.25) is 5.02 Å². The fourth-order valence-electron chi connectivity index (χ4n) is 3.11. The second-order valence-corrected chi connectivity index (χ2v) is 9.09. The third kappa shape index (κ3) is 4.64. The Hall–Kier alpha value is -2.45. The number of carbonyl (C=O) groups excluding carboxylic acids is 1. The Morgan fingerprint density at radius 3 is 2.48 bits per heavy atom. The molecule has 0 radical (unpaired) electrons. The number of rotatable bonds is 5. The van der Waals surface area contributed by atoms with Gasteiger partial charge in [-0.3, -0.25) is 14.9 Å². The minimum Gasteiger partial charge on any atom is -0.330 e. The van der Waals surface area contributed by atoms with Gasteiger partial charge in [0.15, 0.2) is 9.84 Å². The van der Waals surface area contributed by atoms with E-state index in [-0.39, 0.29) is 35.2 Å². The lowest BCUT2D eigenvalue weighted by atomic mass is 10.1. The predicted molar refractivity (Wildman–Crippen MR) is 101 cm³/mol. The van der Waals surface area contributed by atoms with E-state index in [4.69, 9.17) is 11.6 Å². The zero-order valence-corrected chi connectivity index (χ0v) is 15.8. The molecular weight excluding hydrogens is 392 g/mol. The van der Waals surface area contributed by atoms with E-state index in [1.165, 1.54) is 29.2 Å². The summed E-state index contributed by atoms with van der Waals surface area (Å²) in [5.41, 5.74) is 0.936. The van der Waals surface area contributed by atoms with Gasteiger partial charge in [-0.25, -0.2) is 8.42 Å². The summed E-state index contributed by atoms with van der Waals surface area (Å²) in [5, 5.41) is 11.3. The molecule has 0 N–H and O–H groups in total. The number of carbonyl (C=O) groups is 1. The number of nitrogens with zero attached hydrogens (tertiary/aromatic N) is 2. The zero-order valence-electron chi connectivity index (χ0n) is 14.2. The van der Waals surface area contributed by atoms with Crippen molar-refractivity contribution < 1.29 is 18.1 Å². The molecule has 1 saturated heterocycles. The molecule has 0 bridgehead atoms. The van der Waals surface area contributed by atoms with Crippen LogP contribution in [0.15, 0.2) is 48.5 Å². The standard InChI is InChI=1S/C18H17ClN2O5S/c19-15-3-1-2-13(10-15)11-20(17-8-9-27(25,26)12-17)18(22)14-4-6-16(7-5-14)21(23)24/h1-7,10,17H,8-9,11-12H2/t17-/m0/s1. The molecule has 9 heteroatoms. The van der Waals surface area contributed by atoms with Gasteiger partial charge < -0.3 is 4.90 Å². The smallest absolute Gasteiger partial charge is 0.269 e. The van der Waals surface area contributed by atoms with Crippen LogP contribution in [0.3, 0.4) is 0 Å². The number of hydrogen-bond donors (Lipinski definition) is 0. The van der Waals surface area contributed by atoms with Gasteiger partial charge in [0.1, 0.15) is 0 Å². The first-order valence-corrected chi connectivity index (χ1v) is 10.5. The van der Waals surface area contributed by atoms with E-state index in [9.17, 15) is 23.3 Å². The molecule has 2 aromatic rings. The van der Waals surface area contributed by atoms with Gasteiger partial charge in [-0.15, -0.1) is 0 Å². The van der Waals surface area contributed by atoms with Crippen LogP contribution in [-0.2, 0) is 16.4 Å². The summed E-state index contributed by atoms with van der Waals surface area (Å²) < 4.78 is 23.8. The number of hydrogen-bond acceptors (Lipinski definition) is 5. The zero-order chi connectivity index (χ0) is 19.6. The Labute approximate surface area is 161 Å². The number of nitro benzene ring substituents is 1. The second kappa shape index (κ2) is 7.66. The molecule has 1 aliphatic heterocycles. The van der Waals surface area contributed by atoms with Crippen LogP contribution < -0.4 is 0 Å². The van der Waals surface area contributed by atoms with Crippen molar-refractivity contribution in [3.8, 4) is 0 Å². The summed E-state index contributed by atoms with van der Waals surface area (Å²) in [6.45, 7) is 0.205. The molecule has 2 aromatic carbocycles. The SMILES string of the molecule is O=C(c1ccc([N+](=O)[O-])cc1)N(Cc1cccc(Cl)c1)[C@H]1CCS(=O)(=O)C1. The number of benzene rings is 2. The van der Waals surface area contributed by atoms with Crippen LogP contribution in [-0.4, -0.2) is 41.7 Å². The maximum atomic E-state index is 13.0. The van der Waals surface area contributed by atoms with Crippen molar-refractivity contribution in [3.63, 3.8) is 0 Å². The molecule has 0 aliphatic carbocycles. The van der Waals surface area contributed by atoms with Crippen LogP contribution in [0.1, 0.15) is 22.3 Å². The maximum Gasteiger partial charge on any atom is 0.269 e. The molecule has 1 amide bonds. The normalized spacial score (nSPS) is 18.2. The van der Waals surface area contributed by atoms with Gasteiger partial charge in [-0.05, 0) is 36.2 Å². The van der Waals surface area contributed by atoms with Crippen molar-refractivity contribution in [1.82, 2.24) is 4.90 Å². The topological polar surface area (TPSA) is 97.6 Å². The monoisotopic (exact) mass is 408 g/mol. The first kappa shape index (κ1) is 19.3. The molecule has 0 unspecified atom stereocenters. The summed E-state index contributed by atoms with van der Waals surface area (Å²) in [6.07, 6.45) is 0.363. The van der Waals surface area contributed by atoms with Crippen molar-refractivity contribution in [2.45, 2.75) is 19.0 Å². The molecule has 0 saturated carbocycles. The van der Waals surface area contributed by atoms with Gasteiger partial charge in [-0.2, -0.15) is 0 Å². The first-order valence-electron chi connectivity index (χ1n) is 8.25. The van der Waals surface area contributed by atoms with Crippen LogP contribution in [0, 0.1) is 10.1 Å². The molecule has 0 aromatic heterocycles. The predicted octanol–water partition coefficient (Wildman–Crippen LogP) is 3.08. The Morgan fingerprint density at radius 2 is 1.93 bits per heavy atom. The van der Waals surface area contributed by atoms with Gasteiger partial charge in [0.2, 0.25) is 0 Å². The van der Waals surface area contributed by atoms with E-state index in [0.717, 1.165) is 5.56 Å². The lowest BCUT2D eigenvalue weighted by Gasteiger charge is -2.28.